The van der Waals surface area contributed by atoms with Crippen LogP contribution in [0.5, 0.6) is 0 Å². The number of hydrazine groups is 1. The molecule has 0 unspecified atom stereocenters. The average molecular weight is 194 g/mol. The summed E-state index contributed by atoms with van der Waals surface area (Å²) in [6.07, 6.45) is 3.30. The Bertz CT molecular complexity index is 267. The maximum atomic E-state index is 5.67. The zero-order chi connectivity index (χ0) is 11.0. The number of pyridine rings is 1. The Balaban J connectivity index is 0.000000791. The molecule has 0 aliphatic heterocycles. The van der Waals surface area contributed by atoms with Crippen molar-refractivity contribution < 1.29 is 0 Å². The Morgan fingerprint density at radius 3 is 2.50 bits per heavy atom. The maximum Gasteiger partial charge on any atom is 0.0874 e. The van der Waals surface area contributed by atoms with Crippen LogP contribution >= 0.6 is 0 Å². The second-order valence-electron chi connectivity index (χ2n) is 2.46. The van der Waals surface area contributed by atoms with E-state index < -0.39 is 0 Å². The van der Waals surface area contributed by atoms with E-state index in [0.717, 1.165) is 5.69 Å². The van der Waals surface area contributed by atoms with Crippen LogP contribution in [-0.2, 0) is 0 Å². The highest BCUT2D eigenvalue weighted by Gasteiger charge is 1.95. The summed E-state index contributed by atoms with van der Waals surface area (Å²) in [6, 6.07) is 5.54. The molecule has 0 aliphatic carbocycles. The van der Waals surface area contributed by atoms with E-state index in [2.05, 4.69) is 4.98 Å². The number of hydrogen-bond donors (Lipinski definition) is 2. The quantitative estimate of drug-likeness (QED) is 0.548. The summed E-state index contributed by atoms with van der Waals surface area (Å²) in [4.78, 5) is 4.06. The molecule has 14 heavy (non-hydrogen) atoms. The van der Waals surface area contributed by atoms with Crippen molar-refractivity contribution in [1.82, 2.24) is 9.99 Å². The highest BCUT2D eigenvalue weighted by atomic mass is 15.4. The average Bonchev–Trinajstić information content (AvgIpc) is 2.21. The summed E-state index contributed by atoms with van der Waals surface area (Å²) in [5.41, 5.74) is 6.96. The van der Waals surface area contributed by atoms with Gasteiger partial charge in [-0.2, -0.15) is 0 Å². The molecule has 1 aromatic rings. The minimum absolute atomic E-state index is 0.556. The molecule has 0 aromatic carbocycles. The standard InChI is InChI=1S/C8H12N4.C2H6/c1-12(10)6-7(9)8-4-2-3-5-11-8;1-2/h2-6H,9-10H2,1H3;1-2H3/b7-6-;. The Kier molecular flexibility index (Phi) is 6.15. The molecule has 0 aliphatic rings. The van der Waals surface area contributed by atoms with Gasteiger partial charge in [0.15, 0.2) is 0 Å². The lowest BCUT2D eigenvalue weighted by Crippen LogP contribution is -2.20. The molecular formula is C10H18N4. The number of rotatable bonds is 2. The van der Waals surface area contributed by atoms with Crippen molar-refractivity contribution in [2.75, 3.05) is 7.05 Å². The van der Waals surface area contributed by atoms with E-state index in [1.807, 2.05) is 32.0 Å². The summed E-state index contributed by atoms with van der Waals surface area (Å²) in [5, 5.41) is 1.39. The fourth-order valence-electron chi connectivity index (χ4n) is 0.819. The van der Waals surface area contributed by atoms with Crippen LogP contribution in [0.1, 0.15) is 19.5 Å². The molecule has 0 fully saturated rings. The van der Waals surface area contributed by atoms with Crippen LogP contribution in [0.4, 0.5) is 0 Å². The summed E-state index contributed by atoms with van der Waals surface area (Å²) in [7, 11) is 1.70. The third kappa shape index (κ3) is 4.47. The van der Waals surface area contributed by atoms with E-state index in [1.165, 1.54) is 5.01 Å². The van der Waals surface area contributed by atoms with Crippen molar-refractivity contribution in [3.63, 3.8) is 0 Å². The first-order chi connectivity index (χ1) is 6.70. The van der Waals surface area contributed by atoms with Crippen molar-refractivity contribution in [3.8, 4) is 0 Å². The van der Waals surface area contributed by atoms with Crippen LogP contribution in [0.3, 0.4) is 0 Å². The smallest absolute Gasteiger partial charge is 0.0874 e. The first-order valence-electron chi connectivity index (χ1n) is 4.56. The van der Waals surface area contributed by atoms with Gasteiger partial charge in [-0.1, -0.05) is 19.9 Å². The Hall–Kier alpha value is -1.55. The van der Waals surface area contributed by atoms with Gasteiger partial charge in [-0.05, 0) is 12.1 Å². The van der Waals surface area contributed by atoms with Crippen molar-refractivity contribution in [1.29, 1.82) is 0 Å². The van der Waals surface area contributed by atoms with Crippen molar-refractivity contribution in [3.05, 3.63) is 36.3 Å². The zero-order valence-electron chi connectivity index (χ0n) is 8.94. The topological polar surface area (TPSA) is 68.2 Å². The second kappa shape index (κ2) is 6.91. The predicted octanol–water partition coefficient (Wildman–Crippen LogP) is 1.17. The molecule has 4 N–H and O–H groups in total. The van der Waals surface area contributed by atoms with E-state index in [4.69, 9.17) is 11.6 Å². The minimum atomic E-state index is 0.556. The fraction of sp³-hybridized carbons (Fsp3) is 0.300. The molecule has 1 rings (SSSR count). The molecule has 0 saturated carbocycles. The minimum Gasteiger partial charge on any atom is -0.396 e. The zero-order valence-corrected chi connectivity index (χ0v) is 8.94. The molecule has 1 aromatic heterocycles. The van der Waals surface area contributed by atoms with Gasteiger partial charge in [0.05, 0.1) is 11.4 Å². The van der Waals surface area contributed by atoms with Gasteiger partial charge < -0.3 is 10.7 Å². The monoisotopic (exact) mass is 194 g/mol. The van der Waals surface area contributed by atoms with Crippen molar-refractivity contribution in [2.24, 2.45) is 11.6 Å². The SMILES string of the molecule is CC.CN(N)/C=C(\N)c1ccccn1. The normalized spacial score (nSPS) is 10.1. The van der Waals surface area contributed by atoms with Crippen LogP contribution in [0, 0.1) is 0 Å². The molecule has 0 spiro atoms. The number of hydrogen-bond acceptors (Lipinski definition) is 4. The first-order valence-corrected chi connectivity index (χ1v) is 4.56. The number of aromatic nitrogens is 1. The van der Waals surface area contributed by atoms with Gasteiger partial charge in [0.1, 0.15) is 0 Å². The predicted molar refractivity (Wildman–Crippen MR) is 59.7 cm³/mol. The van der Waals surface area contributed by atoms with E-state index in [-0.39, 0.29) is 0 Å². The summed E-state index contributed by atoms with van der Waals surface area (Å²) < 4.78 is 0. The van der Waals surface area contributed by atoms with E-state index in [1.54, 1.807) is 19.4 Å². The Morgan fingerprint density at radius 2 is 2.07 bits per heavy atom. The number of nitrogens with zero attached hydrogens (tertiary/aromatic N) is 2. The molecule has 0 atom stereocenters. The lowest BCUT2D eigenvalue weighted by atomic mass is 10.3. The second-order valence-corrected chi connectivity index (χ2v) is 2.46. The van der Waals surface area contributed by atoms with Gasteiger partial charge in [0, 0.05) is 19.4 Å². The van der Waals surface area contributed by atoms with Crippen LogP contribution in [-0.4, -0.2) is 17.0 Å². The van der Waals surface area contributed by atoms with Gasteiger partial charge in [-0.15, -0.1) is 0 Å². The largest absolute Gasteiger partial charge is 0.396 e. The van der Waals surface area contributed by atoms with Crippen molar-refractivity contribution in [2.45, 2.75) is 13.8 Å². The molecular weight excluding hydrogens is 176 g/mol. The molecule has 78 valence electrons. The van der Waals surface area contributed by atoms with E-state index in [0.29, 0.717) is 5.70 Å². The third-order valence-corrected chi connectivity index (χ3v) is 1.30. The summed E-state index contributed by atoms with van der Waals surface area (Å²) in [6.45, 7) is 4.00. The maximum absolute atomic E-state index is 5.67. The highest BCUT2D eigenvalue weighted by molar-refractivity contribution is 5.58. The fourth-order valence-corrected chi connectivity index (χ4v) is 0.819. The van der Waals surface area contributed by atoms with Gasteiger partial charge >= 0.3 is 0 Å². The van der Waals surface area contributed by atoms with Crippen molar-refractivity contribution >= 4 is 5.70 Å². The van der Waals surface area contributed by atoms with E-state index >= 15 is 0 Å². The summed E-state index contributed by atoms with van der Waals surface area (Å²) >= 11 is 0. The molecule has 0 bridgehead atoms. The van der Waals surface area contributed by atoms with Crippen LogP contribution in [0.2, 0.25) is 0 Å². The Morgan fingerprint density at radius 1 is 1.43 bits per heavy atom. The lowest BCUT2D eigenvalue weighted by molar-refractivity contribution is 0.485. The highest BCUT2D eigenvalue weighted by Crippen LogP contribution is 2.02. The lowest BCUT2D eigenvalue weighted by Gasteiger charge is -2.06. The van der Waals surface area contributed by atoms with Gasteiger partial charge in [0.25, 0.3) is 0 Å². The molecule has 1 heterocycles. The molecule has 0 radical (unpaired) electrons. The molecule has 4 heteroatoms. The van der Waals surface area contributed by atoms with E-state index in [9.17, 15) is 0 Å². The third-order valence-electron chi connectivity index (χ3n) is 1.30. The summed E-state index contributed by atoms with van der Waals surface area (Å²) in [5.74, 6) is 5.38. The Labute approximate surface area is 85.2 Å². The number of nitrogens with two attached hydrogens (primary N) is 2. The van der Waals surface area contributed by atoms with Gasteiger partial charge in [-0.25, -0.2) is 5.84 Å². The van der Waals surface area contributed by atoms with Crippen LogP contribution in [0.15, 0.2) is 30.6 Å². The van der Waals surface area contributed by atoms with Gasteiger partial charge in [-0.3, -0.25) is 4.98 Å². The molecule has 0 saturated heterocycles. The van der Waals surface area contributed by atoms with Crippen LogP contribution < -0.4 is 11.6 Å². The molecule has 4 nitrogen and oxygen atoms in total. The van der Waals surface area contributed by atoms with Crippen LogP contribution in [0.25, 0.3) is 5.70 Å². The van der Waals surface area contributed by atoms with Gasteiger partial charge in [0.2, 0.25) is 0 Å². The molecule has 0 amide bonds. The first kappa shape index (κ1) is 12.5.